The van der Waals surface area contributed by atoms with Gasteiger partial charge in [-0.3, -0.25) is 4.79 Å². The standard InChI is InChI=1S/C34H35IN2O3S/c1-34(2,3)24-15-16-26-29(19-24)41-33(30(26)32(38)37-25-13-9-6-10-14-25)36-20-23-17-27(35)31(28(18-23)39-4)40-21-22-11-7-5-8-12-22/h5-14,17-18,20,24H,15-16,19,21H2,1-4H3,(H,37,38)/t24-/m0/s1. The molecule has 0 fully saturated rings. The van der Waals surface area contributed by atoms with E-state index in [9.17, 15) is 4.79 Å². The van der Waals surface area contributed by atoms with Crippen molar-refractivity contribution in [1.29, 1.82) is 0 Å². The fraction of sp³-hybridized carbons (Fsp3) is 0.294. The zero-order valence-electron chi connectivity index (χ0n) is 23.9. The Kier molecular flexibility index (Phi) is 9.14. The molecule has 0 saturated heterocycles. The first kappa shape index (κ1) is 29.3. The van der Waals surface area contributed by atoms with E-state index in [0.29, 0.717) is 29.6 Å². The fourth-order valence-corrected chi connectivity index (χ4v) is 7.22. The number of thiophene rings is 1. The highest BCUT2D eigenvalue weighted by Gasteiger charge is 2.33. The molecule has 5 nitrogen and oxygen atoms in total. The Morgan fingerprint density at radius 2 is 1.80 bits per heavy atom. The van der Waals surface area contributed by atoms with Crippen molar-refractivity contribution in [3.05, 3.63) is 103 Å². The average Bonchev–Trinajstić information content (AvgIpc) is 3.33. The third-order valence-corrected chi connectivity index (χ3v) is 9.50. The first-order chi connectivity index (χ1) is 19.7. The first-order valence-electron chi connectivity index (χ1n) is 13.8. The molecule has 1 atom stereocenters. The second kappa shape index (κ2) is 12.8. The van der Waals surface area contributed by atoms with Crippen LogP contribution in [0.3, 0.4) is 0 Å². The number of aliphatic imine (C=N–C) groups is 1. The summed E-state index contributed by atoms with van der Waals surface area (Å²) in [6.07, 6.45) is 4.76. The van der Waals surface area contributed by atoms with Gasteiger partial charge in [-0.1, -0.05) is 69.3 Å². The van der Waals surface area contributed by atoms with Crippen molar-refractivity contribution < 1.29 is 14.3 Å². The van der Waals surface area contributed by atoms with Crippen LogP contribution in [0.1, 0.15) is 59.1 Å². The van der Waals surface area contributed by atoms with Gasteiger partial charge in [0.25, 0.3) is 5.91 Å². The van der Waals surface area contributed by atoms with Crippen LogP contribution in [0.25, 0.3) is 0 Å². The summed E-state index contributed by atoms with van der Waals surface area (Å²) in [6.45, 7) is 7.37. The number of anilines is 1. The van der Waals surface area contributed by atoms with Crippen LogP contribution in [0.5, 0.6) is 11.5 Å². The smallest absolute Gasteiger partial charge is 0.259 e. The predicted molar refractivity (Wildman–Crippen MR) is 177 cm³/mol. The van der Waals surface area contributed by atoms with E-state index < -0.39 is 0 Å². The molecule has 5 rings (SSSR count). The maximum atomic E-state index is 13.6. The lowest BCUT2D eigenvalue weighted by molar-refractivity contribution is 0.102. The first-order valence-corrected chi connectivity index (χ1v) is 15.7. The van der Waals surface area contributed by atoms with E-state index in [4.69, 9.17) is 14.5 Å². The van der Waals surface area contributed by atoms with E-state index in [0.717, 1.165) is 50.2 Å². The maximum absolute atomic E-state index is 13.6. The number of rotatable bonds is 8. The van der Waals surface area contributed by atoms with Crippen molar-refractivity contribution >= 4 is 56.7 Å². The number of amides is 1. The molecule has 0 spiro atoms. The van der Waals surface area contributed by atoms with Crippen LogP contribution in [0, 0.1) is 14.9 Å². The van der Waals surface area contributed by atoms with Gasteiger partial charge in [0, 0.05) is 16.8 Å². The molecule has 0 bridgehead atoms. The molecule has 1 aliphatic carbocycles. The molecule has 4 aromatic rings. The summed E-state index contributed by atoms with van der Waals surface area (Å²) in [7, 11) is 1.65. The number of benzene rings is 3. The number of carbonyl (C=O) groups excluding carboxylic acids is 1. The number of hydrogen-bond acceptors (Lipinski definition) is 5. The summed E-state index contributed by atoms with van der Waals surface area (Å²) >= 11 is 3.92. The molecule has 0 unspecified atom stereocenters. The van der Waals surface area contributed by atoms with E-state index in [1.165, 1.54) is 4.88 Å². The van der Waals surface area contributed by atoms with Crippen molar-refractivity contribution in [2.24, 2.45) is 16.3 Å². The molecule has 3 aromatic carbocycles. The minimum atomic E-state index is -0.105. The number of carbonyl (C=O) groups is 1. The maximum Gasteiger partial charge on any atom is 0.259 e. The molecule has 1 N–H and O–H groups in total. The Labute approximate surface area is 260 Å². The minimum absolute atomic E-state index is 0.105. The summed E-state index contributed by atoms with van der Waals surface area (Å²) in [5, 5.41) is 3.84. The Balaban J connectivity index is 1.45. The van der Waals surface area contributed by atoms with E-state index >= 15 is 0 Å². The second-order valence-electron chi connectivity index (χ2n) is 11.4. The van der Waals surface area contributed by atoms with Crippen LogP contribution in [-0.4, -0.2) is 19.2 Å². The second-order valence-corrected chi connectivity index (χ2v) is 13.6. The largest absolute Gasteiger partial charge is 0.493 e. The van der Waals surface area contributed by atoms with Crippen molar-refractivity contribution in [1.82, 2.24) is 0 Å². The van der Waals surface area contributed by atoms with E-state index in [1.807, 2.05) is 79.0 Å². The quantitative estimate of drug-likeness (QED) is 0.149. The fourth-order valence-electron chi connectivity index (χ4n) is 5.17. The minimum Gasteiger partial charge on any atom is -0.493 e. The lowest BCUT2D eigenvalue weighted by Gasteiger charge is -2.33. The van der Waals surface area contributed by atoms with Crippen molar-refractivity contribution in [2.75, 3.05) is 12.4 Å². The predicted octanol–water partition coefficient (Wildman–Crippen LogP) is 9.09. The molecule has 0 radical (unpaired) electrons. The molecule has 41 heavy (non-hydrogen) atoms. The molecule has 1 heterocycles. The number of methoxy groups -OCH3 is 1. The van der Waals surface area contributed by atoms with E-state index in [-0.39, 0.29) is 11.3 Å². The number of nitrogens with zero attached hydrogens (tertiary/aromatic N) is 1. The normalized spacial score (nSPS) is 15.0. The van der Waals surface area contributed by atoms with Gasteiger partial charge in [-0.2, -0.15) is 0 Å². The van der Waals surface area contributed by atoms with Gasteiger partial charge < -0.3 is 14.8 Å². The van der Waals surface area contributed by atoms with Gasteiger partial charge in [-0.15, -0.1) is 11.3 Å². The van der Waals surface area contributed by atoms with Gasteiger partial charge in [0.2, 0.25) is 0 Å². The SMILES string of the molecule is COc1cc(C=Nc2sc3c(c2C(=O)Nc2ccccc2)CC[C@H](C(C)(C)C)C3)cc(I)c1OCc1ccccc1. The Hall–Kier alpha value is -3.17. The highest BCUT2D eigenvalue weighted by atomic mass is 127. The number of ether oxygens (including phenoxy) is 2. The lowest BCUT2D eigenvalue weighted by Crippen LogP contribution is -2.27. The molecule has 1 amide bonds. The molecular weight excluding hydrogens is 643 g/mol. The van der Waals surface area contributed by atoms with Crippen LogP contribution in [0.4, 0.5) is 10.7 Å². The van der Waals surface area contributed by atoms with Gasteiger partial charge in [0.05, 0.1) is 16.2 Å². The number of hydrogen-bond donors (Lipinski definition) is 1. The highest BCUT2D eigenvalue weighted by molar-refractivity contribution is 14.1. The van der Waals surface area contributed by atoms with E-state index in [2.05, 4.69) is 48.7 Å². The van der Waals surface area contributed by atoms with Crippen molar-refractivity contribution in [3.8, 4) is 11.5 Å². The molecule has 1 aliphatic rings. The Bertz CT molecular complexity index is 1540. The number of nitrogens with one attached hydrogen (secondary N) is 1. The number of fused-ring (bicyclic) bond motifs is 1. The molecule has 0 saturated carbocycles. The molecule has 1 aromatic heterocycles. The van der Waals surface area contributed by atoms with Crippen LogP contribution in [0.15, 0.2) is 77.8 Å². The Morgan fingerprint density at radius 1 is 1.10 bits per heavy atom. The van der Waals surface area contributed by atoms with E-state index in [1.54, 1.807) is 18.4 Å². The van der Waals surface area contributed by atoms with Crippen molar-refractivity contribution in [2.45, 2.75) is 46.6 Å². The summed E-state index contributed by atoms with van der Waals surface area (Å²) in [5.74, 6) is 1.82. The zero-order chi connectivity index (χ0) is 29.0. The van der Waals surface area contributed by atoms with Crippen LogP contribution >= 0.6 is 33.9 Å². The van der Waals surface area contributed by atoms with Crippen LogP contribution in [0.2, 0.25) is 0 Å². The van der Waals surface area contributed by atoms with Crippen LogP contribution < -0.4 is 14.8 Å². The average molecular weight is 679 g/mol. The summed E-state index contributed by atoms with van der Waals surface area (Å²) in [6, 6.07) is 23.6. The van der Waals surface area contributed by atoms with Crippen molar-refractivity contribution in [3.63, 3.8) is 0 Å². The van der Waals surface area contributed by atoms with Gasteiger partial charge in [0.15, 0.2) is 11.5 Å². The summed E-state index contributed by atoms with van der Waals surface area (Å²) < 4.78 is 12.8. The highest BCUT2D eigenvalue weighted by Crippen LogP contribution is 2.45. The van der Waals surface area contributed by atoms with Gasteiger partial charge in [-0.25, -0.2) is 4.99 Å². The Morgan fingerprint density at radius 3 is 2.49 bits per heavy atom. The van der Waals surface area contributed by atoms with Gasteiger partial charge in [0.1, 0.15) is 11.6 Å². The topological polar surface area (TPSA) is 59.9 Å². The zero-order valence-corrected chi connectivity index (χ0v) is 26.8. The number of halogens is 1. The third-order valence-electron chi connectivity index (χ3n) is 7.54. The lowest BCUT2D eigenvalue weighted by atomic mass is 9.72. The third kappa shape index (κ3) is 7.01. The molecule has 0 aliphatic heterocycles. The molecule has 212 valence electrons. The summed E-state index contributed by atoms with van der Waals surface area (Å²) in [5.41, 5.74) is 4.81. The molecular formula is C34H35IN2O3S. The van der Waals surface area contributed by atoms with Crippen LogP contribution in [-0.2, 0) is 19.4 Å². The summed E-state index contributed by atoms with van der Waals surface area (Å²) in [4.78, 5) is 19.8. The number of para-hydroxylation sites is 1. The monoisotopic (exact) mass is 678 g/mol. The van der Waals surface area contributed by atoms with Gasteiger partial charge in [-0.05, 0) is 94.1 Å². The van der Waals surface area contributed by atoms with Gasteiger partial charge >= 0.3 is 0 Å². The molecule has 7 heteroatoms.